The number of aromatic nitrogens is 2. The van der Waals surface area contributed by atoms with Gasteiger partial charge in [0.05, 0.1) is 22.4 Å². The second-order valence-corrected chi connectivity index (χ2v) is 17.2. The van der Waals surface area contributed by atoms with E-state index in [2.05, 4.69) is 96.7 Å². The summed E-state index contributed by atoms with van der Waals surface area (Å²) in [6.45, 7) is 16.4. The van der Waals surface area contributed by atoms with Gasteiger partial charge in [0.15, 0.2) is 13.2 Å². The normalized spacial score (nSPS) is 16.7. The summed E-state index contributed by atoms with van der Waals surface area (Å²) in [6, 6.07) is 29.1. The molecule has 0 aliphatic carbocycles. The molecular weight excluding hydrogens is 800 g/mol. The SMILES string of the molecule is Cc1cc(N2CCN(CCc3ccc4c(c3)NC(=O)CO4)CC2)c2ccc(C)nc2c1.Cc1ccc2c(N3CCN(CCc4ccc5c(c4)NC(=O)CO5)CC3)cc(Cl)cc2n1. The molecule has 0 unspecified atom stereocenters. The topological polar surface area (TPSA) is 115 Å². The maximum atomic E-state index is 11.6. The Hall–Kier alpha value is -5.95. The van der Waals surface area contributed by atoms with Crippen molar-refractivity contribution in [2.45, 2.75) is 33.6 Å². The molecular formula is C49H53ClN8O4. The summed E-state index contributed by atoms with van der Waals surface area (Å²) in [5, 5.41) is 8.90. The third-order valence-electron chi connectivity index (χ3n) is 12.2. The average molecular weight is 853 g/mol. The third kappa shape index (κ3) is 9.57. The quantitative estimate of drug-likeness (QED) is 0.160. The van der Waals surface area contributed by atoms with Crippen LogP contribution in [0.3, 0.4) is 0 Å². The third-order valence-corrected chi connectivity index (χ3v) is 12.4. The number of benzene rings is 4. The number of pyridine rings is 2. The van der Waals surface area contributed by atoms with Crippen molar-refractivity contribution in [1.82, 2.24) is 19.8 Å². The Bertz CT molecular complexity index is 2450. The van der Waals surface area contributed by atoms with Crippen molar-refractivity contribution in [2.24, 2.45) is 0 Å². The molecule has 2 aromatic heterocycles. The van der Waals surface area contributed by atoms with Gasteiger partial charge < -0.3 is 29.9 Å². The van der Waals surface area contributed by atoms with Crippen LogP contribution in [0.5, 0.6) is 11.5 Å². The molecule has 0 radical (unpaired) electrons. The van der Waals surface area contributed by atoms with Crippen molar-refractivity contribution < 1.29 is 19.1 Å². The number of hydrogen-bond donors (Lipinski definition) is 2. The lowest BCUT2D eigenvalue weighted by atomic mass is 10.1. The fourth-order valence-electron chi connectivity index (χ4n) is 8.83. The number of nitrogens with one attached hydrogen (secondary N) is 2. The smallest absolute Gasteiger partial charge is 0.262 e. The van der Waals surface area contributed by atoms with Gasteiger partial charge in [0, 0.05) is 104 Å². The largest absolute Gasteiger partial charge is 0.482 e. The molecule has 2 amide bonds. The van der Waals surface area contributed by atoms with Crippen LogP contribution in [-0.4, -0.2) is 110 Å². The molecule has 10 rings (SSSR count). The highest BCUT2D eigenvalue weighted by molar-refractivity contribution is 6.31. The molecule has 320 valence electrons. The number of anilines is 4. The minimum atomic E-state index is -0.0975. The van der Waals surface area contributed by atoms with Crippen molar-refractivity contribution in [1.29, 1.82) is 0 Å². The van der Waals surface area contributed by atoms with Gasteiger partial charge in [-0.1, -0.05) is 23.7 Å². The summed E-state index contributed by atoms with van der Waals surface area (Å²) in [7, 11) is 0. The molecule has 0 atom stereocenters. The number of aryl methyl sites for hydroxylation is 3. The van der Waals surface area contributed by atoms with E-state index in [4.69, 9.17) is 26.1 Å². The lowest BCUT2D eigenvalue weighted by Gasteiger charge is -2.36. The standard InChI is InChI=1S/C25H28N4O2.C24H25ClN4O2/c1-17-13-21-20(5-3-18(2)26-21)23(14-17)29-11-9-28(10-12-29)8-7-19-4-6-24-22(15-19)27-25(30)16-31-24;1-16-2-4-19-20(26-16)13-18(25)14-22(19)29-10-8-28(9-11-29)7-6-17-3-5-23-21(12-17)27-24(30)15-31-23/h3-6,13-15H,7-12,16H2,1-2H3,(H,27,30);2-5,12-14H,6-11,15H2,1H3,(H,27,30). The zero-order valence-electron chi connectivity index (χ0n) is 35.7. The maximum absolute atomic E-state index is 11.6. The molecule has 0 spiro atoms. The van der Waals surface area contributed by atoms with E-state index in [0.29, 0.717) is 0 Å². The molecule has 6 aromatic rings. The number of ether oxygens (including phenoxy) is 2. The number of carbonyl (C=O) groups is 2. The number of fused-ring (bicyclic) bond motifs is 4. The van der Waals surface area contributed by atoms with Gasteiger partial charge in [-0.15, -0.1) is 0 Å². The van der Waals surface area contributed by atoms with Crippen molar-refractivity contribution in [3.05, 3.63) is 118 Å². The van der Waals surface area contributed by atoms with Crippen LogP contribution in [0.15, 0.2) is 84.9 Å². The van der Waals surface area contributed by atoms with E-state index >= 15 is 0 Å². The Morgan fingerprint density at radius 2 is 1.03 bits per heavy atom. The van der Waals surface area contributed by atoms with Gasteiger partial charge in [-0.3, -0.25) is 29.4 Å². The molecule has 2 saturated heterocycles. The Morgan fingerprint density at radius 3 is 1.53 bits per heavy atom. The molecule has 2 N–H and O–H groups in total. The summed E-state index contributed by atoms with van der Waals surface area (Å²) < 4.78 is 10.9. The number of halogens is 1. The number of carbonyl (C=O) groups excluding carboxylic acids is 2. The Labute approximate surface area is 367 Å². The average Bonchev–Trinajstić information content (AvgIpc) is 3.27. The van der Waals surface area contributed by atoms with E-state index in [1.165, 1.54) is 33.5 Å². The first-order chi connectivity index (χ1) is 30.1. The Balaban J connectivity index is 0.000000158. The minimum absolute atomic E-state index is 0.0881. The monoisotopic (exact) mass is 852 g/mol. The van der Waals surface area contributed by atoms with Gasteiger partial charge >= 0.3 is 0 Å². The molecule has 4 aliphatic rings. The van der Waals surface area contributed by atoms with Gasteiger partial charge in [-0.25, -0.2) is 0 Å². The molecule has 12 nitrogen and oxygen atoms in total. The predicted octanol–water partition coefficient (Wildman–Crippen LogP) is 7.44. The molecule has 0 saturated carbocycles. The van der Waals surface area contributed by atoms with Crippen LogP contribution in [0.1, 0.15) is 28.1 Å². The van der Waals surface area contributed by atoms with Gasteiger partial charge in [-0.2, -0.15) is 0 Å². The Kier molecular flexibility index (Phi) is 12.1. The molecule has 4 aliphatic heterocycles. The zero-order chi connectivity index (χ0) is 42.7. The summed E-state index contributed by atoms with van der Waals surface area (Å²) >= 11 is 6.39. The number of hydrogen-bond acceptors (Lipinski definition) is 10. The van der Waals surface area contributed by atoms with Crippen LogP contribution in [0.2, 0.25) is 5.02 Å². The summed E-state index contributed by atoms with van der Waals surface area (Å²) in [4.78, 5) is 42.4. The van der Waals surface area contributed by atoms with E-state index in [1.54, 1.807) is 0 Å². The van der Waals surface area contributed by atoms with Gasteiger partial charge in [0.1, 0.15) is 11.5 Å². The van der Waals surface area contributed by atoms with Gasteiger partial charge in [-0.05, 0) is 123 Å². The first kappa shape index (κ1) is 41.4. The van der Waals surface area contributed by atoms with Crippen LogP contribution >= 0.6 is 11.6 Å². The molecule has 2 fully saturated rings. The maximum Gasteiger partial charge on any atom is 0.262 e. The molecule has 13 heteroatoms. The summed E-state index contributed by atoms with van der Waals surface area (Å²) in [5.74, 6) is 1.32. The van der Waals surface area contributed by atoms with E-state index in [1.807, 2.05) is 44.2 Å². The van der Waals surface area contributed by atoms with Crippen LogP contribution in [-0.2, 0) is 22.4 Å². The molecule has 6 heterocycles. The van der Waals surface area contributed by atoms with E-state index in [9.17, 15) is 9.59 Å². The van der Waals surface area contributed by atoms with E-state index in [0.717, 1.165) is 134 Å². The number of rotatable bonds is 8. The fraction of sp³-hybridized carbons (Fsp3) is 0.347. The highest BCUT2D eigenvalue weighted by atomic mass is 35.5. The number of piperazine rings is 2. The molecule has 4 aromatic carbocycles. The van der Waals surface area contributed by atoms with Crippen molar-refractivity contribution in [3.63, 3.8) is 0 Å². The van der Waals surface area contributed by atoms with Crippen molar-refractivity contribution >= 4 is 68.0 Å². The zero-order valence-corrected chi connectivity index (χ0v) is 36.4. The molecule has 62 heavy (non-hydrogen) atoms. The van der Waals surface area contributed by atoms with Crippen LogP contribution in [0.25, 0.3) is 21.8 Å². The highest BCUT2D eigenvalue weighted by Crippen LogP contribution is 2.33. The van der Waals surface area contributed by atoms with Gasteiger partial charge in [0.25, 0.3) is 11.8 Å². The first-order valence-corrected chi connectivity index (χ1v) is 22.0. The van der Waals surface area contributed by atoms with Crippen LogP contribution in [0, 0.1) is 20.8 Å². The fourth-order valence-corrected chi connectivity index (χ4v) is 9.04. The second kappa shape index (κ2) is 18.2. The number of nitrogens with zero attached hydrogens (tertiary/aromatic N) is 6. The summed E-state index contributed by atoms with van der Waals surface area (Å²) in [5.41, 5.74) is 11.8. The van der Waals surface area contributed by atoms with Crippen LogP contribution in [0.4, 0.5) is 22.7 Å². The second-order valence-electron chi connectivity index (χ2n) is 16.7. The molecule has 0 bridgehead atoms. The van der Waals surface area contributed by atoms with Crippen molar-refractivity contribution in [3.8, 4) is 11.5 Å². The van der Waals surface area contributed by atoms with Crippen molar-refractivity contribution in [2.75, 3.05) is 99.1 Å². The Morgan fingerprint density at radius 1 is 0.565 bits per heavy atom. The van der Waals surface area contributed by atoms with Crippen LogP contribution < -0.4 is 29.9 Å². The van der Waals surface area contributed by atoms with E-state index in [-0.39, 0.29) is 25.0 Å². The lowest BCUT2D eigenvalue weighted by molar-refractivity contribution is -0.119. The van der Waals surface area contributed by atoms with E-state index < -0.39 is 0 Å². The highest BCUT2D eigenvalue weighted by Gasteiger charge is 2.23. The number of amides is 2. The lowest BCUT2D eigenvalue weighted by Crippen LogP contribution is -2.47. The summed E-state index contributed by atoms with van der Waals surface area (Å²) in [6.07, 6.45) is 1.90. The first-order valence-electron chi connectivity index (χ1n) is 21.6. The van der Waals surface area contributed by atoms with Gasteiger partial charge in [0.2, 0.25) is 0 Å². The minimum Gasteiger partial charge on any atom is -0.482 e. The predicted molar refractivity (Wildman–Crippen MR) is 249 cm³/mol.